The summed E-state index contributed by atoms with van der Waals surface area (Å²) < 4.78 is 28.0. The van der Waals surface area contributed by atoms with Crippen molar-refractivity contribution in [3.63, 3.8) is 0 Å². The van der Waals surface area contributed by atoms with E-state index in [1.807, 2.05) is 0 Å². The van der Waals surface area contributed by atoms with Crippen LogP contribution in [0.5, 0.6) is 5.75 Å². The maximum atomic E-state index is 12.0. The summed E-state index contributed by atoms with van der Waals surface area (Å²) >= 11 is 0. The van der Waals surface area contributed by atoms with E-state index in [4.69, 9.17) is 16.1 Å². The van der Waals surface area contributed by atoms with E-state index in [0.29, 0.717) is 0 Å². The molecule has 1 aromatic rings. The number of hydrogen-bond donors (Lipinski definition) is 2. The maximum Gasteiger partial charge on any atom is 0.387 e. The number of nitrogens with zero attached hydrogens (tertiary/aromatic N) is 1. The fraction of sp³-hybridized carbons (Fsp3) is 0.111. The molecule has 1 aromatic carbocycles. The number of hydrogen-bond acceptors (Lipinski definition) is 4. The molecule has 0 aliphatic rings. The quantitative estimate of drug-likeness (QED) is 0.763. The van der Waals surface area contributed by atoms with E-state index in [1.165, 1.54) is 6.07 Å². The van der Waals surface area contributed by atoms with E-state index in [0.717, 1.165) is 12.1 Å². The van der Waals surface area contributed by atoms with Crippen LogP contribution in [-0.4, -0.2) is 17.7 Å². The van der Waals surface area contributed by atoms with Gasteiger partial charge in [-0.25, -0.2) is 4.79 Å². The first-order chi connectivity index (χ1) is 7.45. The van der Waals surface area contributed by atoms with Gasteiger partial charge >= 0.3 is 12.6 Å². The number of alkyl halides is 2. The van der Waals surface area contributed by atoms with Gasteiger partial charge in [-0.1, -0.05) is 0 Å². The van der Waals surface area contributed by atoms with Crippen molar-refractivity contribution >= 4 is 11.7 Å². The molecular weight excluding hydrogens is 222 g/mol. The molecule has 3 N–H and O–H groups in total. The first-order valence-corrected chi connectivity index (χ1v) is 3.97. The van der Waals surface area contributed by atoms with Crippen molar-refractivity contribution in [2.24, 2.45) is 0 Å². The number of ether oxygens (including phenoxy) is 1. The highest BCUT2D eigenvalue weighted by atomic mass is 19.3. The molecule has 84 valence electrons. The predicted octanol–water partition coefficient (Wildman–Crippen LogP) is 1.44. The Bertz CT molecular complexity index is 469. The second kappa shape index (κ2) is 4.44. The lowest BCUT2D eigenvalue weighted by Crippen LogP contribution is -2.08. The van der Waals surface area contributed by atoms with E-state index in [-0.39, 0.29) is 16.8 Å². The third-order valence-corrected chi connectivity index (χ3v) is 1.69. The number of nitriles is 1. The predicted molar refractivity (Wildman–Crippen MR) is 49.2 cm³/mol. The first kappa shape index (κ1) is 11.7. The van der Waals surface area contributed by atoms with Gasteiger partial charge in [0.15, 0.2) is 5.75 Å². The van der Waals surface area contributed by atoms with E-state index < -0.39 is 18.3 Å². The van der Waals surface area contributed by atoms with Crippen molar-refractivity contribution in [2.45, 2.75) is 6.61 Å². The number of nitrogens with two attached hydrogens (primary N) is 1. The van der Waals surface area contributed by atoms with Crippen LogP contribution in [0.4, 0.5) is 14.5 Å². The molecule has 16 heavy (non-hydrogen) atoms. The lowest BCUT2D eigenvalue weighted by molar-refractivity contribution is -0.0495. The second-order valence-electron chi connectivity index (χ2n) is 2.74. The summed E-state index contributed by atoms with van der Waals surface area (Å²) in [4.78, 5) is 10.6. The third kappa shape index (κ3) is 2.36. The van der Waals surface area contributed by atoms with Crippen LogP contribution in [0, 0.1) is 11.3 Å². The van der Waals surface area contributed by atoms with Crippen LogP contribution in [0.1, 0.15) is 15.9 Å². The maximum absolute atomic E-state index is 12.0. The molecule has 0 atom stereocenters. The van der Waals surface area contributed by atoms with Crippen LogP contribution in [-0.2, 0) is 0 Å². The first-order valence-electron chi connectivity index (χ1n) is 3.97. The minimum Gasteiger partial charge on any atom is -0.478 e. The highest BCUT2D eigenvalue weighted by Crippen LogP contribution is 2.29. The lowest BCUT2D eigenvalue weighted by Gasteiger charge is -2.09. The normalized spacial score (nSPS) is 9.88. The summed E-state index contributed by atoms with van der Waals surface area (Å²) in [5, 5.41) is 17.3. The zero-order valence-corrected chi connectivity index (χ0v) is 7.78. The Morgan fingerprint density at radius 2 is 2.19 bits per heavy atom. The number of halogens is 2. The van der Waals surface area contributed by atoms with Crippen LogP contribution in [0.3, 0.4) is 0 Å². The number of carbonyl (C=O) groups is 1. The topological polar surface area (TPSA) is 96.3 Å². The molecule has 0 saturated heterocycles. The molecule has 0 fully saturated rings. The molecule has 0 aliphatic heterocycles. The van der Waals surface area contributed by atoms with Crippen molar-refractivity contribution in [1.82, 2.24) is 0 Å². The lowest BCUT2D eigenvalue weighted by atomic mass is 10.1. The Morgan fingerprint density at radius 3 is 2.62 bits per heavy atom. The molecule has 0 saturated carbocycles. The van der Waals surface area contributed by atoms with Crippen LogP contribution in [0.2, 0.25) is 0 Å². The zero-order chi connectivity index (χ0) is 12.3. The number of rotatable bonds is 3. The van der Waals surface area contributed by atoms with Gasteiger partial charge in [-0.2, -0.15) is 14.0 Å². The van der Waals surface area contributed by atoms with E-state index in [2.05, 4.69) is 4.74 Å². The molecule has 1 rings (SSSR count). The minimum atomic E-state index is -3.13. The molecule has 0 bridgehead atoms. The average Bonchev–Trinajstić information content (AvgIpc) is 2.19. The molecule has 0 spiro atoms. The van der Waals surface area contributed by atoms with Gasteiger partial charge in [0.05, 0.1) is 16.8 Å². The van der Waals surface area contributed by atoms with Gasteiger partial charge < -0.3 is 15.6 Å². The van der Waals surface area contributed by atoms with E-state index in [1.54, 1.807) is 0 Å². The van der Waals surface area contributed by atoms with Crippen molar-refractivity contribution < 1.29 is 23.4 Å². The van der Waals surface area contributed by atoms with Crippen LogP contribution in [0.25, 0.3) is 0 Å². The summed E-state index contributed by atoms with van der Waals surface area (Å²) in [5.74, 6) is -1.82. The number of carboxylic acid groups (broad SMARTS) is 1. The highest BCUT2D eigenvalue weighted by Gasteiger charge is 2.16. The molecule has 0 unspecified atom stereocenters. The van der Waals surface area contributed by atoms with E-state index in [9.17, 15) is 13.6 Å². The van der Waals surface area contributed by atoms with Gasteiger partial charge in [-0.3, -0.25) is 0 Å². The molecule has 0 heterocycles. The summed E-state index contributed by atoms with van der Waals surface area (Å²) in [6.07, 6.45) is 0. The number of aromatic carboxylic acids is 1. The van der Waals surface area contributed by atoms with E-state index >= 15 is 0 Å². The Kier molecular flexibility index (Phi) is 3.25. The molecule has 0 aliphatic carbocycles. The average molecular weight is 228 g/mol. The fourth-order valence-corrected chi connectivity index (χ4v) is 1.08. The summed E-state index contributed by atoms with van der Waals surface area (Å²) in [5.41, 5.74) is 4.37. The van der Waals surface area contributed by atoms with Crippen molar-refractivity contribution in [1.29, 1.82) is 5.26 Å². The van der Waals surface area contributed by atoms with Crippen LogP contribution < -0.4 is 10.5 Å². The Balaban J connectivity index is 3.30. The third-order valence-electron chi connectivity index (χ3n) is 1.69. The van der Waals surface area contributed by atoms with Gasteiger partial charge in [0.2, 0.25) is 0 Å². The van der Waals surface area contributed by atoms with Crippen LogP contribution in [0.15, 0.2) is 12.1 Å². The molecular formula is C9H6F2N2O3. The Labute approximate surface area is 88.7 Å². The molecule has 0 radical (unpaired) electrons. The van der Waals surface area contributed by atoms with Gasteiger partial charge in [-0.15, -0.1) is 0 Å². The Morgan fingerprint density at radius 1 is 1.56 bits per heavy atom. The van der Waals surface area contributed by atoms with Gasteiger partial charge in [0.25, 0.3) is 0 Å². The minimum absolute atomic E-state index is 0.268. The smallest absolute Gasteiger partial charge is 0.387 e. The molecule has 5 nitrogen and oxygen atoms in total. The number of carboxylic acids is 1. The summed E-state index contributed by atoms with van der Waals surface area (Å²) in [6, 6.07) is 3.39. The highest BCUT2D eigenvalue weighted by molar-refractivity contribution is 5.90. The number of nitrogen functional groups attached to an aromatic ring is 1. The Hall–Kier alpha value is -2.36. The monoisotopic (exact) mass is 228 g/mol. The number of anilines is 1. The number of benzene rings is 1. The van der Waals surface area contributed by atoms with Gasteiger partial charge in [0, 0.05) is 0 Å². The van der Waals surface area contributed by atoms with Crippen molar-refractivity contribution in [2.75, 3.05) is 5.73 Å². The molecule has 7 heteroatoms. The van der Waals surface area contributed by atoms with Crippen molar-refractivity contribution in [3.8, 4) is 11.8 Å². The zero-order valence-electron chi connectivity index (χ0n) is 7.78. The second-order valence-corrected chi connectivity index (χ2v) is 2.74. The standard InChI is InChI=1S/C9H6F2N2O3/c10-9(11)16-7-5(3-12)1-4(8(14)15)2-6(7)13/h1-2,9H,13H2,(H,14,15). The summed E-state index contributed by atoms with van der Waals surface area (Å²) in [7, 11) is 0. The van der Waals surface area contributed by atoms with Crippen molar-refractivity contribution in [3.05, 3.63) is 23.3 Å². The largest absolute Gasteiger partial charge is 0.478 e. The van der Waals surface area contributed by atoms with Gasteiger partial charge in [-0.05, 0) is 12.1 Å². The van der Waals surface area contributed by atoms with Gasteiger partial charge in [0.1, 0.15) is 6.07 Å². The van der Waals surface area contributed by atoms with Crippen LogP contribution >= 0.6 is 0 Å². The SMILES string of the molecule is N#Cc1cc(C(=O)O)cc(N)c1OC(F)F. The summed E-state index contributed by atoms with van der Waals surface area (Å²) in [6.45, 7) is -3.13. The molecule has 0 aromatic heterocycles. The fourth-order valence-electron chi connectivity index (χ4n) is 1.08. The molecule has 0 amide bonds.